The first kappa shape index (κ1) is 31.3. The van der Waals surface area contributed by atoms with Crippen molar-refractivity contribution in [3.05, 3.63) is 149 Å². The number of nitrogens with one attached hydrogen (secondary N) is 3. The number of para-hydroxylation sites is 2. The van der Waals surface area contributed by atoms with Gasteiger partial charge in [-0.2, -0.15) is 0 Å². The fourth-order valence-electron chi connectivity index (χ4n) is 4.54. The molecule has 1 heterocycles. The summed E-state index contributed by atoms with van der Waals surface area (Å²) in [6, 6.07) is 37.5. The average molecular weight is 659 g/mol. The van der Waals surface area contributed by atoms with Crippen molar-refractivity contribution in [3.8, 4) is 11.5 Å². The van der Waals surface area contributed by atoms with E-state index in [2.05, 4.69) is 20.9 Å². The van der Waals surface area contributed by atoms with Crippen molar-refractivity contribution in [2.45, 2.75) is 4.90 Å². The number of fused-ring (bicyclic) bond motifs is 1. The summed E-state index contributed by atoms with van der Waals surface area (Å²) in [5.41, 5.74) is 4.69. The highest BCUT2D eigenvalue weighted by atomic mass is 35.5. The third kappa shape index (κ3) is 8.35. The van der Waals surface area contributed by atoms with Gasteiger partial charge in [-0.1, -0.05) is 54.1 Å². The molecule has 3 amide bonds. The van der Waals surface area contributed by atoms with Crippen molar-refractivity contribution in [3.63, 3.8) is 0 Å². The number of hydrogen-bond donors (Lipinski definition) is 3. The molecule has 10 heteroatoms. The van der Waals surface area contributed by atoms with Gasteiger partial charge < -0.3 is 20.4 Å². The van der Waals surface area contributed by atoms with Crippen LogP contribution in [0.5, 0.6) is 0 Å². The van der Waals surface area contributed by atoms with Gasteiger partial charge in [0.1, 0.15) is 11.2 Å². The molecule has 0 aliphatic rings. The lowest BCUT2D eigenvalue weighted by Gasteiger charge is -2.12. The van der Waals surface area contributed by atoms with Crippen molar-refractivity contribution in [2.24, 2.45) is 0 Å². The summed E-state index contributed by atoms with van der Waals surface area (Å²) in [4.78, 5) is 44.1. The molecule has 6 rings (SSSR count). The molecule has 232 valence electrons. The van der Waals surface area contributed by atoms with Crippen molar-refractivity contribution in [1.82, 2.24) is 10.3 Å². The van der Waals surface area contributed by atoms with Gasteiger partial charge in [0.25, 0.3) is 11.8 Å². The Kier molecular flexibility index (Phi) is 9.76. The van der Waals surface area contributed by atoms with Crippen LogP contribution in [0.25, 0.3) is 28.6 Å². The van der Waals surface area contributed by atoms with Gasteiger partial charge in [0.05, 0.1) is 5.75 Å². The van der Waals surface area contributed by atoms with E-state index in [1.54, 1.807) is 66.7 Å². The molecule has 5 aromatic carbocycles. The molecule has 0 aliphatic heterocycles. The van der Waals surface area contributed by atoms with Gasteiger partial charge in [-0.05, 0) is 96.6 Å². The van der Waals surface area contributed by atoms with E-state index in [0.717, 1.165) is 21.6 Å². The number of oxazole rings is 1. The number of hydrogen-bond acceptors (Lipinski definition) is 6. The van der Waals surface area contributed by atoms with Crippen molar-refractivity contribution in [2.75, 3.05) is 16.4 Å². The molecular formula is C37H27ClN4O4S. The van der Waals surface area contributed by atoms with E-state index in [4.69, 9.17) is 16.0 Å². The summed E-state index contributed by atoms with van der Waals surface area (Å²) in [7, 11) is 0. The van der Waals surface area contributed by atoms with Crippen molar-refractivity contribution < 1.29 is 18.8 Å². The first-order chi connectivity index (χ1) is 22.9. The number of carbonyl (C=O) groups is 3. The molecule has 0 aliphatic carbocycles. The maximum Gasteiger partial charge on any atom is 0.272 e. The Balaban J connectivity index is 1.04. The second-order valence-electron chi connectivity index (χ2n) is 10.3. The highest BCUT2D eigenvalue weighted by Gasteiger charge is 2.15. The summed E-state index contributed by atoms with van der Waals surface area (Å²) in [6.45, 7) is 0. The largest absolute Gasteiger partial charge is 0.436 e. The summed E-state index contributed by atoms with van der Waals surface area (Å²) in [5.74, 6) is -0.354. The minimum atomic E-state index is -0.494. The Hall–Kier alpha value is -5.64. The third-order valence-electron chi connectivity index (χ3n) is 6.90. The minimum absolute atomic E-state index is 0.0678. The van der Waals surface area contributed by atoms with Gasteiger partial charge in [0.15, 0.2) is 5.58 Å². The van der Waals surface area contributed by atoms with E-state index in [1.165, 1.54) is 11.8 Å². The zero-order valence-corrected chi connectivity index (χ0v) is 26.3. The van der Waals surface area contributed by atoms with Crippen LogP contribution in [-0.4, -0.2) is 28.5 Å². The number of halogens is 1. The number of rotatable bonds is 10. The van der Waals surface area contributed by atoms with Crippen LogP contribution in [0, 0.1) is 0 Å². The Bertz CT molecular complexity index is 2030. The van der Waals surface area contributed by atoms with Gasteiger partial charge >= 0.3 is 0 Å². The van der Waals surface area contributed by atoms with Crippen molar-refractivity contribution in [1.29, 1.82) is 0 Å². The molecule has 3 N–H and O–H groups in total. The first-order valence-corrected chi connectivity index (χ1v) is 15.9. The maximum absolute atomic E-state index is 13.3. The zero-order chi connectivity index (χ0) is 32.6. The van der Waals surface area contributed by atoms with Crippen LogP contribution >= 0.6 is 23.4 Å². The number of benzene rings is 5. The predicted molar refractivity (Wildman–Crippen MR) is 187 cm³/mol. The van der Waals surface area contributed by atoms with Crippen LogP contribution in [-0.2, 0) is 9.59 Å². The molecule has 8 nitrogen and oxygen atoms in total. The molecule has 0 atom stereocenters. The number of amides is 3. The number of thioether (sulfide) groups is 1. The van der Waals surface area contributed by atoms with Crippen molar-refractivity contribution >= 4 is 69.6 Å². The first-order valence-electron chi connectivity index (χ1n) is 14.5. The lowest BCUT2D eigenvalue weighted by molar-refractivity contribution is -0.114. The number of anilines is 2. The highest BCUT2D eigenvalue weighted by molar-refractivity contribution is 8.00. The molecule has 0 spiro atoms. The second kappa shape index (κ2) is 14.6. The molecule has 0 bridgehead atoms. The maximum atomic E-state index is 13.3. The Morgan fingerprint density at radius 3 is 2.13 bits per heavy atom. The predicted octanol–water partition coefficient (Wildman–Crippen LogP) is 8.29. The van der Waals surface area contributed by atoms with Gasteiger partial charge in [-0.15, -0.1) is 11.8 Å². The van der Waals surface area contributed by atoms with Gasteiger partial charge in [0.2, 0.25) is 11.8 Å². The lowest BCUT2D eigenvalue weighted by Crippen LogP contribution is -2.30. The summed E-state index contributed by atoms with van der Waals surface area (Å²) < 4.78 is 5.81. The molecule has 0 unspecified atom stereocenters. The van der Waals surface area contributed by atoms with Gasteiger partial charge in [-0.3, -0.25) is 14.4 Å². The van der Waals surface area contributed by atoms with Crippen LogP contribution in [0.15, 0.2) is 142 Å². The molecular weight excluding hydrogens is 632 g/mol. The van der Waals surface area contributed by atoms with E-state index in [0.29, 0.717) is 33.4 Å². The van der Waals surface area contributed by atoms with E-state index in [9.17, 15) is 14.4 Å². The standard InChI is InChI=1S/C37H27ClN4O4S/c38-27-14-10-24(11-15-27)22-32(41-35(44)25-6-2-1-3-7-25)36(45)40-29-18-20-30(21-19-29)47-23-34(43)39-28-16-12-26(13-17-28)37-42-31-8-4-5-9-33(31)46-37/h1-22H,23H2,(H,39,43)(H,40,45)(H,41,44)/b32-22-. The quantitative estimate of drug-likeness (QED) is 0.101. The Labute approximate surface area is 279 Å². The molecule has 1 aromatic heterocycles. The van der Waals surface area contributed by atoms with Crippen LogP contribution in [0.3, 0.4) is 0 Å². The van der Waals surface area contributed by atoms with Crippen LogP contribution < -0.4 is 16.0 Å². The molecule has 6 aromatic rings. The van der Waals surface area contributed by atoms with E-state index < -0.39 is 11.8 Å². The van der Waals surface area contributed by atoms with E-state index >= 15 is 0 Å². The van der Waals surface area contributed by atoms with Crippen LogP contribution in [0.1, 0.15) is 15.9 Å². The summed E-state index contributed by atoms with van der Waals surface area (Å²) in [6.07, 6.45) is 1.58. The molecule has 0 saturated carbocycles. The normalized spacial score (nSPS) is 11.2. The Morgan fingerprint density at radius 2 is 1.40 bits per heavy atom. The summed E-state index contributed by atoms with van der Waals surface area (Å²) >= 11 is 7.37. The minimum Gasteiger partial charge on any atom is -0.436 e. The van der Waals surface area contributed by atoms with Gasteiger partial charge in [-0.25, -0.2) is 4.98 Å². The fraction of sp³-hybridized carbons (Fsp3) is 0.0270. The molecule has 0 saturated heterocycles. The molecule has 0 fully saturated rings. The van der Waals surface area contributed by atoms with E-state index in [-0.39, 0.29) is 17.4 Å². The number of nitrogens with zero attached hydrogens (tertiary/aromatic N) is 1. The number of carbonyl (C=O) groups excluding carboxylic acids is 3. The number of aromatic nitrogens is 1. The Morgan fingerprint density at radius 1 is 0.745 bits per heavy atom. The van der Waals surface area contributed by atoms with Crippen LogP contribution in [0.2, 0.25) is 5.02 Å². The average Bonchev–Trinajstić information content (AvgIpc) is 3.54. The van der Waals surface area contributed by atoms with E-state index in [1.807, 2.05) is 66.7 Å². The third-order valence-corrected chi connectivity index (χ3v) is 8.17. The topological polar surface area (TPSA) is 113 Å². The smallest absolute Gasteiger partial charge is 0.272 e. The fourth-order valence-corrected chi connectivity index (χ4v) is 5.36. The second-order valence-corrected chi connectivity index (χ2v) is 11.8. The summed E-state index contributed by atoms with van der Waals surface area (Å²) in [5, 5.41) is 9.01. The highest BCUT2D eigenvalue weighted by Crippen LogP contribution is 2.26. The molecule has 47 heavy (non-hydrogen) atoms. The lowest BCUT2D eigenvalue weighted by atomic mass is 10.1. The zero-order valence-electron chi connectivity index (χ0n) is 24.8. The van der Waals surface area contributed by atoms with Gasteiger partial charge in [0, 0.05) is 32.4 Å². The SMILES string of the molecule is O=C(CSc1ccc(NC(=O)/C(=C/c2ccc(Cl)cc2)NC(=O)c2ccccc2)cc1)Nc1ccc(-c2nc3ccccc3o2)cc1. The molecule has 0 radical (unpaired) electrons. The van der Waals surface area contributed by atoms with Crippen LogP contribution in [0.4, 0.5) is 11.4 Å². The monoisotopic (exact) mass is 658 g/mol.